The van der Waals surface area contributed by atoms with Crippen molar-refractivity contribution in [3.05, 3.63) is 88.2 Å². The minimum atomic E-state index is -0.263. The van der Waals surface area contributed by atoms with Crippen molar-refractivity contribution in [3.63, 3.8) is 0 Å². The summed E-state index contributed by atoms with van der Waals surface area (Å²) < 4.78 is 13.1. The van der Waals surface area contributed by atoms with E-state index < -0.39 is 0 Å². The quantitative estimate of drug-likeness (QED) is 0.396. The smallest absolute Gasteiger partial charge is 0.229 e. The molecule has 7 heteroatoms. The Balaban J connectivity index is 1.66. The molecule has 0 radical (unpaired) electrons. The predicted molar refractivity (Wildman–Crippen MR) is 113 cm³/mol. The molecule has 0 aliphatic carbocycles. The Hall–Kier alpha value is -2.89. The Morgan fingerprint density at radius 2 is 1.68 bits per heavy atom. The first-order valence-corrected chi connectivity index (χ1v) is 9.31. The van der Waals surface area contributed by atoms with Gasteiger partial charge in [-0.2, -0.15) is 4.98 Å². The fourth-order valence-electron chi connectivity index (χ4n) is 2.77. The fourth-order valence-corrected chi connectivity index (χ4v) is 3.11. The molecule has 140 valence electrons. The van der Waals surface area contributed by atoms with Gasteiger partial charge >= 0.3 is 0 Å². The van der Waals surface area contributed by atoms with E-state index in [2.05, 4.69) is 20.6 Å². The molecule has 4 aromatic rings. The maximum absolute atomic E-state index is 13.1. The monoisotopic (exact) mass is 412 g/mol. The van der Waals surface area contributed by atoms with E-state index in [1.165, 1.54) is 12.1 Å². The van der Waals surface area contributed by atoms with Crippen LogP contribution < -0.4 is 10.6 Å². The summed E-state index contributed by atoms with van der Waals surface area (Å²) >= 11 is 12.3. The molecule has 4 rings (SSSR count). The molecule has 0 atom stereocenters. The third-order valence-electron chi connectivity index (χ3n) is 4.15. The third-order valence-corrected chi connectivity index (χ3v) is 4.72. The van der Waals surface area contributed by atoms with Crippen LogP contribution in [0.5, 0.6) is 0 Å². The van der Waals surface area contributed by atoms with Crippen LogP contribution in [-0.2, 0) is 6.54 Å². The van der Waals surface area contributed by atoms with Gasteiger partial charge in [0.15, 0.2) is 0 Å². The number of hydrogen-bond donors (Lipinski definition) is 2. The maximum Gasteiger partial charge on any atom is 0.229 e. The standard InChI is InChI=1S/C21H15Cl2FN4/c22-14-7-10-17(23)19(11-14)27-21-26-18-4-2-1-3-16(18)20(28-21)25-12-13-5-8-15(24)9-6-13/h1-11H,12H2,(H2,25,26,27,28). The molecule has 0 amide bonds. The van der Waals surface area contributed by atoms with Gasteiger partial charge in [-0.1, -0.05) is 47.5 Å². The second kappa shape index (κ2) is 8.00. The Morgan fingerprint density at radius 3 is 2.50 bits per heavy atom. The summed E-state index contributed by atoms with van der Waals surface area (Å²) in [6.07, 6.45) is 0. The SMILES string of the molecule is Fc1ccc(CNc2nc(Nc3cc(Cl)ccc3Cl)nc3ccccc23)cc1. The van der Waals surface area contributed by atoms with Crippen LogP contribution >= 0.6 is 23.2 Å². The van der Waals surface area contributed by atoms with Crippen LogP contribution in [0.4, 0.5) is 21.8 Å². The molecule has 0 unspecified atom stereocenters. The first-order chi connectivity index (χ1) is 13.6. The van der Waals surface area contributed by atoms with Gasteiger partial charge in [0, 0.05) is 17.0 Å². The minimum absolute atomic E-state index is 0.263. The molecule has 0 spiro atoms. The van der Waals surface area contributed by atoms with Crippen molar-refractivity contribution < 1.29 is 4.39 Å². The number of benzene rings is 3. The lowest BCUT2D eigenvalue weighted by molar-refractivity contribution is 0.627. The van der Waals surface area contributed by atoms with E-state index in [0.29, 0.717) is 34.0 Å². The highest BCUT2D eigenvalue weighted by atomic mass is 35.5. The zero-order chi connectivity index (χ0) is 19.5. The Kier molecular flexibility index (Phi) is 5.28. The van der Waals surface area contributed by atoms with Crippen LogP contribution in [-0.4, -0.2) is 9.97 Å². The van der Waals surface area contributed by atoms with Gasteiger partial charge in [-0.05, 0) is 48.0 Å². The van der Waals surface area contributed by atoms with Crippen LogP contribution in [0.15, 0.2) is 66.7 Å². The van der Waals surface area contributed by atoms with Crippen LogP contribution in [0.2, 0.25) is 10.0 Å². The van der Waals surface area contributed by atoms with Crippen LogP contribution in [0.3, 0.4) is 0 Å². The van der Waals surface area contributed by atoms with Crippen molar-refractivity contribution in [3.8, 4) is 0 Å². The Bertz CT molecular complexity index is 1130. The van der Waals surface area contributed by atoms with Crippen molar-refractivity contribution in [1.29, 1.82) is 0 Å². The largest absolute Gasteiger partial charge is 0.365 e. The molecule has 0 aliphatic rings. The molecule has 1 heterocycles. The van der Waals surface area contributed by atoms with E-state index in [-0.39, 0.29) is 5.82 Å². The second-order valence-corrected chi connectivity index (χ2v) is 6.99. The zero-order valence-corrected chi connectivity index (χ0v) is 16.1. The van der Waals surface area contributed by atoms with E-state index in [4.69, 9.17) is 23.2 Å². The predicted octanol–water partition coefficient (Wildman–Crippen LogP) is 6.43. The average Bonchev–Trinajstić information content (AvgIpc) is 2.70. The van der Waals surface area contributed by atoms with E-state index >= 15 is 0 Å². The normalized spacial score (nSPS) is 10.8. The van der Waals surface area contributed by atoms with Gasteiger partial charge in [0.2, 0.25) is 5.95 Å². The van der Waals surface area contributed by atoms with Crippen molar-refractivity contribution in [2.24, 2.45) is 0 Å². The van der Waals surface area contributed by atoms with Crippen molar-refractivity contribution in [2.75, 3.05) is 10.6 Å². The number of para-hydroxylation sites is 1. The lowest BCUT2D eigenvalue weighted by Gasteiger charge is -2.13. The third kappa shape index (κ3) is 4.16. The molecule has 0 aliphatic heterocycles. The lowest BCUT2D eigenvalue weighted by Crippen LogP contribution is -2.06. The van der Waals surface area contributed by atoms with E-state index in [1.54, 1.807) is 30.3 Å². The van der Waals surface area contributed by atoms with Crippen molar-refractivity contribution in [1.82, 2.24) is 9.97 Å². The van der Waals surface area contributed by atoms with Gasteiger partial charge in [0.25, 0.3) is 0 Å². The fraction of sp³-hybridized carbons (Fsp3) is 0.0476. The lowest BCUT2D eigenvalue weighted by atomic mass is 10.2. The number of fused-ring (bicyclic) bond motifs is 1. The Labute approximate surface area is 171 Å². The van der Waals surface area contributed by atoms with Gasteiger partial charge in [-0.25, -0.2) is 9.37 Å². The van der Waals surface area contributed by atoms with Crippen molar-refractivity contribution in [2.45, 2.75) is 6.54 Å². The van der Waals surface area contributed by atoms with Crippen LogP contribution in [0, 0.1) is 5.82 Å². The minimum Gasteiger partial charge on any atom is -0.365 e. The van der Waals surface area contributed by atoms with Gasteiger partial charge in [0.1, 0.15) is 11.6 Å². The maximum atomic E-state index is 13.1. The summed E-state index contributed by atoms with van der Waals surface area (Å²) in [5, 5.41) is 8.38. The molecule has 4 nitrogen and oxygen atoms in total. The van der Waals surface area contributed by atoms with Gasteiger partial charge in [-0.3, -0.25) is 0 Å². The van der Waals surface area contributed by atoms with Crippen LogP contribution in [0.25, 0.3) is 10.9 Å². The number of nitrogens with one attached hydrogen (secondary N) is 2. The highest BCUT2D eigenvalue weighted by Crippen LogP contribution is 2.29. The first kappa shape index (κ1) is 18.5. The van der Waals surface area contributed by atoms with E-state index in [0.717, 1.165) is 16.5 Å². The first-order valence-electron chi connectivity index (χ1n) is 8.56. The van der Waals surface area contributed by atoms with Gasteiger partial charge < -0.3 is 10.6 Å². The number of aromatic nitrogens is 2. The summed E-state index contributed by atoms with van der Waals surface area (Å²) in [5.41, 5.74) is 2.34. The molecule has 0 saturated carbocycles. The molecule has 2 N–H and O–H groups in total. The second-order valence-electron chi connectivity index (χ2n) is 6.14. The Morgan fingerprint density at radius 1 is 0.893 bits per heavy atom. The summed E-state index contributed by atoms with van der Waals surface area (Å²) in [5.74, 6) is 0.793. The molecule has 28 heavy (non-hydrogen) atoms. The summed E-state index contributed by atoms with van der Waals surface area (Å²) in [6.45, 7) is 0.499. The van der Waals surface area contributed by atoms with Gasteiger partial charge in [-0.15, -0.1) is 0 Å². The molecule has 3 aromatic carbocycles. The zero-order valence-electron chi connectivity index (χ0n) is 14.6. The number of anilines is 3. The molecule has 0 bridgehead atoms. The average molecular weight is 413 g/mol. The number of nitrogens with zero attached hydrogens (tertiary/aromatic N) is 2. The van der Waals surface area contributed by atoms with Crippen LogP contribution in [0.1, 0.15) is 5.56 Å². The van der Waals surface area contributed by atoms with Gasteiger partial charge in [0.05, 0.1) is 16.2 Å². The highest BCUT2D eigenvalue weighted by molar-refractivity contribution is 6.35. The summed E-state index contributed by atoms with van der Waals surface area (Å²) in [6, 6.07) is 19.2. The molecular formula is C21H15Cl2FN4. The molecule has 0 saturated heterocycles. The molecule has 1 aromatic heterocycles. The number of rotatable bonds is 5. The number of hydrogen-bond acceptors (Lipinski definition) is 4. The summed E-state index contributed by atoms with van der Waals surface area (Å²) in [4.78, 5) is 9.15. The van der Waals surface area contributed by atoms with E-state index in [9.17, 15) is 4.39 Å². The highest BCUT2D eigenvalue weighted by Gasteiger charge is 2.10. The van der Waals surface area contributed by atoms with Crippen molar-refractivity contribution >= 4 is 51.6 Å². The van der Waals surface area contributed by atoms with E-state index in [1.807, 2.05) is 24.3 Å². The summed E-state index contributed by atoms with van der Waals surface area (Å²) in [7, 11) is 0. The number of halogens is 3. The molecular weight excluding hydrogens is 398 g/mol. The molecule has 0 fully saturated rings. The topological polar surface area (TPSA) is 49.8 Å².